The summed E-state index contributed by atoms with van der Waals surface area (Å²) in [6.45, 7) is 8.59. The van der Waals surface area contributed by atoms with Crippen molar-refractivity contribution < 1.29 is 9.18 Å². The van der Waals surface area contributed by atoms with Crippen LogP contribution >= 0.6 is 0 Å². The average Bonchev–Trinajstić information content (AvgIpc) is 3.47. The molecule has 5 rings (SSSR count). The Labute approximate surface area is 192 Å². The molecule has 2 fully saturated rings. The van der Waals surface area contributed by atoms with Crippen molar-refractivity contribution in [1.29, 1.82) is 5.26 Å². The van der Waals surface area contributed by atoms with Gasteiger partial charge >= 0.3 is 0 Å². The van der Waals surface area contributed by atoms with Gasteiger partial charge in [0.1, 0.15) is 11.9 Å². The molecule has 1 spiro atoms. The number of carbonyl (C=O) groups is 1. The van der Waals surface area contributed by atoms with E-state index in [1.807, 2.05) is 24.0 Å². The Kier molecular flexibility index (Phi) is 5.16. The Balaban J connectivity index is 1.49. The number of aromatic nitrogens is 2. The van der Waals surface area contributed by atoms with Crippen LogP contribution in [-0.2, 0) is 4.79 Å². The lowest BCUT2D eigenvalue weighted by Crippen LogP contribution is -2.42. The summed E-state index contributed by atoms with van der Waals surface area (Å²) in [4.78, 5) is 16.1. The van der Waals surface area contributed by atoms with E-state index in [-0.39, 0.29) is 11.3 Å². The number of hydrogen-bond donors (Lipinski definition) is 1. The number of benzene rings is 2. The summed E-state index contributed by atoms with van der Waals surface area (Å²) in [5.41, 5.74) is 3.99. The van der Waals surface area contributed by atoms with Crippen LogP contribution in [0.5, 0.6) is 0 Å². The molecular formula is C26H26FN5O. The van der Waals surface area contributed by atoms with E-state index >= 15 is 4.39 Å². The highest BCUT2D eigenvalue weighted by Crippen LogP contribution is 2.44. The van der Waals surface area contributed by atoms with Crippen molar-refractivity contribution in [2.75, 3.05) is 31.1 Å². The molecular weight excluding hydrogens is 417 g/mol. The summed E-state index contributed by atoms with van der Waals surface area (Å²) >= 11 is 0. The lowest BCUT2D eigenvalue weighted by atomic mass is 9.77. The summed E-state index contributed by atoms with van der Waals surface area (Å²) in [7, 11) is 0. The van der Waals surface area contributed by atoms with E-state index in [4.69, 9.17) is 0 Å². The second kappa shape index (κ2) is 8.04. The quantitative estimate of drug-likeness (QED) is 0.603. The number of aromatic amines is 1. The average molecular weight is 444 g/mol. The fourth-order valence-electron chi connectivity index (χ4n) is 5.53. The molecule has 0 atom stereocenters. The molecule has 0 bridgehead atoms. The Morgan fingerprint density at radius 3 is 2.70 bits per heavy atom. The molecule has 7 heteroatoms. The van der Waals surface area contributed by atoms with Crippen LogP contribution < -0.4 is 4.90 Å². The molecule has 1 N–H and O–H groups in total. The van der Waals surface area contributed by atoms with E-state index in [2.05, 4.69) is 27.7 Å². The fraction of sp³-hybridized carbons (Fsp3) is 0.346. The van der Waals surface area contributed by atoms with Crippen molar-refractivity contribution >= 4 is 22.5 Å². The maximum atomic E-state index is 15.2. The third kappa shape index (κ3) is 3.46. The van der Waals surface area contributed by atoms with Gasteiger partial charge in [0.05, 0.1) is 23.0 Å². The number of hydrogen-bond acceptors (Lipinski definition) is 4. The maximum absolute atomic E-state index is 15.2. The number of carbonyl (C=O) groups excluding carboxylic acids is 1. The van der Waals surface area contributed by atoms with E-state index < -0.39 is 5.82 Å². The summed E-state index contributed by atoms with van der Waals surface area (Å²) in [6.07, 6.45) is 5.92. The summed E-state index contributed by atoms with van der Waals surface area (Å²) in [5.74, 6) is -0.414. The van der Waals surface area contributed by atoms with E-state index in [1.165, 1.54) is 12.1 Å². The molecule has 2 aromatic carbocycles. The SMILES string of the molecule is C=CC(=O)N1CCC2(CCN(c3ccc(F)c(-c4c(C)ccc5[nH]ncc45)c3C#N)CC2)C1. The standard InChI is InChI=1S/C26H26FN5O/c1-3-23(33)32-13-10-26(16-32)8-11-31(12-9-26)22-7-5-20(27)25(18(22)14-28)24-17(2)4-6-21-19(24)15-29-30-21/h3-7,15H,1,8-13,16H2,2H3,(H,29,30). The first-order chi connectivity index (χ1) is 16.0. The monoisotopic (exact) mass is 443 g/mol. The van der Waals surface area contributed by atoms with Gasteiger partial charge in [-0.15, -0.1) is 0 Å². The van der Waals surface area contributed by atoms with Crippen LogP contribution in [-0.4, -0.2) is 47.2 Å². The van der Waals surface area contributed by atoms with Gasteiger partial charge in [-0.3, -0.25) is 9.89 Å². The summed E-state index contributed by atoms with van der Waals surface area (Å²) in [5, 5.41) is 18.0. The van der Waals surface area contributed by atoms with Crippen LogP contribution in [0.1, 0.15) is 30.4 Å². The molecule has 2 saturated heterocycles. The van der Waals surface area contributed by atoms with E-state index in [1.54, 1.807) is 12.3 Å². The first-order valence-electron chi connectivity index (χ1n) is 11.3. The van der Waals surface area contributed by atoms with Gasteiger partial charge in [0, 0.05) is 37.1 Å². The van der Waals surface area contributed by atoms with Crippen LogP contribution in [0.15, 0.2) is 43.1 Å². The number of H-pyrrole nitrogens is 1. The number of nitrogens with zero attached hydrogens (tertiary/aromatic N) is 4. The Morgan fingerprint density at radius 2 is 1.97 bits per heavy atom. The number of nitrogens with one attached hydrogen (secondary N) is 1. The predicted octanol–water partition coefficient (Wildman–Crippen LogP) is 4.55. The van der Waals surface area contributed by atoms with Gasteiger partial charge < -0.3 is 9.80 Å². The number of piperidine rings is 1. The Hall–Kier alpha value is -3.66. The lowest BCUT2D eigenvalue weighted by Gasteiger charge is -2.40. The van der Waals surface area contributed by atoms with Gasteiger partial charge in [-0.1, -0.05) is 12.6 Å². The van der Waals surface area contributed by atoms with Crippen molar-refractivity contribution in [3.63, 3.8) is 0 Å². The topological polar surface area (TPSA) is 76.0 Å². The van der Waals surface area contributed by atoms with Gasteiger partial charge in [0.2, 0.25) is 5.91 Å². The highest BCUT2D eigenvalue weighted by Gasteiger charge is 2.42. The van der Waals surface area contributed by atoms with Crippen molar-refractivity contribution in [3.05, 3.63) is 60.1 Å². The number of halogens is 1. The van der Waals surface area contributed by atoms with Gasteiger partial charge in [-0.2, -0.15) is 10.4 Å². The Morgan fingerprint density at radius 1 is 1.21 bits per heavy atom. The van der Waals surface area contributed by atoms with Crippen molar-refractivity contribution in [2.24, 2.45) is 5.41 Å². The molecule has 168 valence electrons. The molecule has 2 aliphatic heterocycles. The Bertz CT molecular complexity index is 1300. The number of nitriles is 1. The largest absolute Gasteiger partial charge is 0.370 e. The maximum Gasteiger partial charge on any atom is 0.245 e. The van der Waals surface area contributed by atoms with Crippen LogP contribution in [0.4, 0.5) is 10.1 Å². The van der Waals surface area contributed by atoms with Gasteiger partial charge in [-0.05, 0) is 67.0 Å². The predicted molar refractivity (Wildman–Crippen MR) is 126 cm³/mol. The molecule has 6 nitrogen and oxygen atoms in total. The van der Waals surface area contributed by atoms with E-state index in [9.17, 15) is 10.1 Å². The van der Waals surface area contributed by atoms with Crippen LogP contribution in [0.25, 0.3) is 22.0 Å². The van der Waals surface area contributed by atoms with Crippen LogP contribution in [0.3, 0.4) is 0 Å². The second-order valence-electron chi connectivity index (χ2n) is 9.22. The van der Waals surface area contributed by atoms with Crippen molar-refractivity contribution in [1.82, 2.24) is 15.1 Å². The first-order valence-corrected chi connectivity index (χ1v) is 11.3. The molecule has 0 aliphatic carbocycles. The van der Waals surface area contributed by atoms with Gasteiger partial charge in [0.15, 0.2) is 0 Å². The number of likely N-dealkylation sites (tertiary alicyclic amines) is 1. The number of rotatable bonds is 3. The van der Waals surface area contributed by atoms with E-state index in [0.717, 1.165) is 67.6 Å². The minimum atomic E-state index is -0.407. The number of fused-ring (bicyclic) bond motifs is 1. The molecule has 33 heavy (non-hydrogen) atoms. The first kappa shape index (κ1) is 21.2. The molecule has 1 amide bonds. The summed E-state index contributed by atoms with van der Waals surface area (Å²) in [6, 6.07) is 9.33. The van der Waals surface area contributed by atoms with Crippen LogP contribution in [0, 0.1) is 29.5 Å². The van der Waals surface area contributed by atoms with Gasteiger partial charge in [0.25, 0.3) is 0 Å². The lowest BCUT2D eigenvalue weighted by molar-refractivity contribution is -0.125. The normalized spacial score (nSPS) is 17.5. The minimum absolute atomic E-state index is 0.00644. The molecule has 0 radical (unpaired) electrons. The molecule has 0 saturated carbocycles. The number of amides is 1. The van der Waals surface area contributed by atoms with E-state index in [0.29, 0.717) is 16.7 Å². The molecule has 0 unspecified atom stereocenters. The summed E-state index contributed by atoms with van der Waals surface area (Å²) < 4.78 is 15.2. The minimum Gasteiger partial charge on any atom is -0.370 e. The zero-order chi connectivity index (χ0) is 23.2. The molecule has 3 aromatic rings. The zero-order valence-electron chi connectivity index (χ0n) is 18.7. The highest BCUT2D eigenvalue weighted by molar-refractivity contribution is 5.98. The highest BCUT2D eigenvalue weighted by atomic mass is 19.1. The molecule has 3 heterocycles. The third-order valence-corrected chi connectivity index (χ3v) is 7.42. The van der Waals surface area contributed by atoms with Gasteiger partial charge in [-0.25, -0.2) is 4.39 Å². The number of anilines is 1. The van der Waals surface area contributed by atoms with Crippen molar-refractivity contribution in [3.8, 4) is 17.2 Å². The smallest absolute Gasteiger partial charge is 0.245 e. The molecule has 2 aliphatic rings. The second-order valence-corrected chi connectivity index (χ2v) is 9.22. The zero-order valence-corrected chi connectivity index (χ0v) is 18.7. The van der Waals surface area contributed by atoms with Crippen molar-refractivity contribution in [2.45, 2.75) is 26.2 Å². The number of aryl methyl sites for hydroxylation is 1. The molecule has 1 aromatic heterocycles. The third-order valence-electron chi connectivity index (χ3n) is 7.42. The fourth-order valence-corrected chi connectivity index (χ4v) is 5.53. The van der Waals surface area contributed by atoms with Crippen LogP contribution in [0.2, 0.25) is 0 Å².